The van der Waals surface area contributed by atoms with Crippen LogP contribution in [-0.4, -0.2) is 39.0 Å². The van der Waals surface area contributed by atoms with Crippen molar-refractivity contribution in [3.05, 3.63) is 84.3 Å². The number of hydrogen-bond donors (Lipinski definition) is 0. The van der Waals surface area contributed by atoms with Gasteiger partial charge in [0.15, 0.2) is 21.3 Å². The van der Waals surface area contributed by atoms with Gasteiger partial charge in [0.05, 0.1) is 21.9 Å². The van der Waals surface area contributed by atoms with E-state index in [0.717, 1.165) is 27.9 Å². The lowest BCUT2D eigenvalue weighted by molar-refractivity contribution is 0.597. The molecule has 0 bridgehead atoms. The first-order valence-corrected chi connectivity index (χ1v) is 12.0. The van der Waals surface area contributed by atoms with Gasteiger partial charge in [-0.05, 0) is 48.0 Å². The minimum atomic E-state index is -3.24. The van der Waals surface area contributed by atoms with Crippen LogP contribution in [0.2, 0.25) is 0 Å². The Morgan fingerprint density at radius 3 is 2.56 bits per heavy atom. The molecule has 0 radical (unpaired) electrons. The lowest BCUT2D eigenvalue weighted by atomic mass is 9.98. The third kappa shape index (κ3) is 3.52. The second kappa shape index (κ2) is 7.80. The average Bonchev–Trinajstić information content (AvgIpc) is 3.26. The summed E-state index contributed by atoms with van der Waals surface area (Å²) in [6, 6.07) is 20.7. The second-order valence-electron chi connectivity index (χ2n) is 7.65. The molecule has 3 heterocycles. The topological polar surface area (TPSA) is 90.1 Å². The molecular weight excluding hydrogens is 422 g/mol. The van der Waals surface area contributed by atoms with Crippen LogP contribution >= 0.6 is 0 Å². The van der Waals surface area contributed by atoms with Crippen LogP contribution in [0, 0.1) is 0 Å². The predicted molar refractivity (Wildman–Crippen MR) is 123 cm³/mol. The number of sulfone groups is 1. The highest BCUT2D eigenvalue weighted by Gasteiger charge is 2.18. The Labute approximate surface area is 185 Å². The fraction of sp³-hybridized carbons (Fsp3) is 0.167. The average molecular weight is 444 g/mol. The number of pyridine rings is 1. The molecule has 32 heavy (non-hydrogen) atoms. The molecule has 0 spiro atoms. The molecule has 0 fully saturated rings. The van der Waals surface area contributed by atoms with E-state index >= 15 is 0 Å². The fourth-order valence-electron chi connectivity index (χ4n) is 3.74. The molecule has 3 aromatic heterocycles. The van der Waals surface area contributed by atoms with E-state index in [1.165, 1.54) is 0 Å². The largest absolute Gasteiger partial charge is 0.256 e. The molecule has 2 aromatic carbocycles. The maximum atomic E-state index is 12.1. The minimum Gasteiger partial charge on any atom is -0.256 e. The van der Waals surface area contributed by atoms with E-state index in [1.54, 1.807) is 41.9 Å². The Hall–Kier alpha value is -3.65. The molecule has 0 amide bonds. The summed E-state index contributed by atoms with van der Waals surface area (Å²) in [6.45, 7) is 3.71. The van der Waals surface area contributed by atoms with E-state index < -0.39 is 9.84 Å². The van der Waals surface area contributed by atoms with Gasteiger partial charge in [-0.15, -0.1) is 10.2 Å². The maximum absolute atomic E-state index is 12.1. The van der Waals surface area contributed by atoms with Gasteiger partial charge in [-0.2, -0.15) is 9.61 Å². The molecule has 160 valence electrons. The molecule has 0 aliphatic heterocycles. The molecule has 0 aliphatic carbocycles. The van der Waals surface area contributed by atoms with Crippen LogP contribution in [0.3, 0.4) is 0 Å². The van der Waals surface area contributed by atoms with Crippen LogP contribution in [0.4, 0.5) is 0 Å². The first kappa shape index (κ1) is 20.3. The van der Waals surface area contributed by atoms with Crippen LogP contribution in [0.5, 0.6) is 0 Å². The Morgan fingerprint density at radius 1 is 0.969 bits per heavy atom. The Bertz CT molecular complexity index is 1540. The van der Waals surface area contributed by atoms with E-state index in [1.807, 2.05) is 30.3 Å². The zero-order chi connectivity index (χ0) is 22.3. The molecule has 1 atom stereocenters. The second-order valence-corrected chi connectivity index (χ2v) is 9.93. The SMILES string of the molecule is CCS(=O)(=O)c1ccc(-c2ccc3nnc([C@@H](C)c4ccc5ncccc5c4)n3n2)cc1. The molecule has 0 unspecified atom stereocenters. The van der Waals surface area contributed by atoms with Crippen molar-refractivity contribution in [2.75, 3.05) is 5.75 Å². The molecule has 7 nitrogen and oxygen atoms in total. The maximum Gasteiger partial charge on any atom is 0.178 e. The standard InChI is InChI=1S/C24H21N5O2S/c1-3-32(30,31)20-9-6-17(7-10-20)22-12-13-23-26-27-24(29(23)28-22)16(2)18-8-11-21-19(15-18)5-4-14-25-21/h4-16H,3H2,1-2H3/t16-/m0/s1. The van der Waals surface area contributed by atoms with Gasteiger partial charge in [-0.3, -0.25) is 4.98 Å². The van der Waals surface area contributed by atoms with Crippen molar-refractivity contribution in [3.63, 3.8) is 0 Å². The molecule has 0 saturated heterocycles. The molecule has 0 saturated carbocycles. The number of aromatic nitrogens is 5. The Kier molecular flexibility index (Phi) is 4.94. The normalized spacial score (nSPS) is 12.9. The fourth-order valence-corrected chi connectivity index (χ4v) is 4.63. The number of fused-ring (bicyclic) bond motifs is 2. The van der Waals surface area contributed by atoms with Gasteiger partial charge in [0.1, 0.15) is 0 Å². The van der Waals surface area contributed by atoms with E-state index in [9.17, 15) is 8.42 Å². The summed E-state index contributed by atoms with van der Waals surface area (Å²) in [5, 5.41) is 14.5. The van der Waals surface area contributed by atoms with E-state index in [0.29, 0.717) is 16.2 Å². The summed E-state index contributed by atoms with van der Waals surface area (Å²) in [7, 11) is -3.24. The van der Waals surface area contributed by atoms with Crippen LogP contribution in [0.1, 0.15) is 31.2 Å². The molecule has 8 heteroatoms. The lowest BCUT2D eigenvalue weighted by Gasteiger charge is -2.11. The van der Waals surface area contributed by atoms with Crippen molar-refractivity contribution in [3.8, 4) is 11.3 Å². The van der Waals surface area contributed by atoms with Gasteiger partial charge in [0.25, 0.3) is 0 Å². The first-order chi connectivity index (χ1) is 15.5. The van der Waals surface area contributed by atoms with Crippen molar-refractivity contribution in [2.45, 2.75) is 24.7 Å². The van der Waals surface area contributed by atoms with Gasteiger partial charge in [-0.25, -0.2) is 8.42 Å². The summed E-state index contributed by atoms with van der Waals surface area (Å²) in [4.78, 5) is 4.70. The third-order valence-corrected chi connectivity index (χ3v) is 7.44. The number of benzene rings is 2. The smallest absolute Gasteiger partial charge is 0.178 e. The Morgan fingerprint density at radius 2 is 1.78 bits per heavy atom. The highest BCUT2D eigenvalue weighted by Crippen LogP contribution is 2.27. The van der Waals surface area contributed by atoms with Gasteiger partial charge >= 0.3 is 0 Å². The monoisotopic (exact) mass is 443 g/mol. The molecular formula is C24H21N5O2S. The minimum absolute atomic E-state index is 0.0329. The highest BCUT2D eigenvalue weighted by molar-refractivity contribution is 7.91. The first-order valence-electron chi connectivity index (χ1n) is 10.4. The van der Waals surface area contributed by atoms with Crippen LogP contribution in [0.25, 0.3) is 27.8 Å². The van der Waals surface area contributed by atoms with Crippen molar-refractivity contribution in [1.29, 1.82) is 0 Å². The van der Waals surface area contributed by atoms with Crippen molar-refractivity contribution in [1.82, 2.24) is 24.8 Å². The van der Waals surface area contributed by atoms with Crippen molar-refractivity contribution in [2.24, 2.45) is 0 Å². The lowest BCUT2D eigenvalue weighted by Crippen LogP contribution is -2.06. The van der Waals surface area contributed by atoms with Gasteiger partial charge in [-0.1, -0.05) is 38.1 Å². The summed E-state index contributed by atoms with van der Waals surface area (Å²) < 4.78 is 25.9. The number of hydrogen-bond acceptors (Lipinski definition) is 6. The van der Waals surface area contributed by atoms with Crippen LogP contribution in [-0.2, 0) is 9.84 Å². The quantitative estimate of drug-likeness (QED) is 0.403. The third-order valence-electron chi connectivity index (χ3n) is 5.69. The van der Waals surface area contributed by atoms with Crippen LogP contribution in [0.15, 0.2) is 77.8 Å². The van der Waals surface area contributed by atoms with E-state index in [2.05, 4.69) is 34.2 Å². The summed E-state index contributed by atoms with van der Waals surface area (Å²) in [5.41, 5.74) is 4.24. The molecule has 0 N–H and O–H groups in total. The number of nitrogens with zero attached hydrogens (tertiary/aromatic N) is 5. The summed E-state index contributed by atoms with van der Waals surface area (Å²) in [6.07, 6.45) is 1.78. The molecule has 5 rings (SSSR count). The van der Waals surface area contributed by atoms with Crippen molar-refractivity contribution < 1.29 is 8.42 Å². The number of rotatable bonds is 5. The molecule has 5 aromatic rings. The zero-order valence-corrected chi connectivity index (χ0v) is 18.5. The predicted octanol–water partition coefficient (Wildman–Crippen LogP) is 4.28. The highest BCUT2D eigenvalue weighted by atomic mass is 32.2. The van der Waals surface area contributed by atoms with Gasteiger partial charge in [0, 0.05) is 23.1 Å². The Balaban J connectivity index is 1.53. The van der Waals surface area contributed by atoms with Crippen LogP contribution < -0.4 is 0 Å². The molecule has 0 aliphatic rings. The van der Waals surface area contributed by atoms with E-state index in [4.69, 9.17) is 5.10 Å². The summed E-state index contributed by atoms with van der Waals surface area (Å²) >= 11 is 0. The van der Waals surface area contributed by atoms with Gasteiger partial charge in [0.2, 0.25) is 0 Å². The zero-order valence-electron chi connectivity index (χ0n) is 17.7. The van der Waals surface area contributed by atoms with E-state index in [-0.39, 0.29) is 11.7 Å². The van der Waals surface area contributed by atoms with Gasteiger partial charge < -0.3 is 0 Å². The van der Waals surface area contributed by atoms with Crippen molar-refractivity contribution >= 4 is 26.4 Å². The summed E-state index contributed by atoms with van der Waals surface area (Å²) in [5.74, 6) is 0.772.